The minimum atomic E-state index is -0.137. The standard InChI is InChI=1S/C12H14Br2ClNO2/c1-18-7-9(4-5-15)16-12(17)10-3-2-8(13)6-11(10)14/h2-3,6,9H,4-5,7H2,1H3,(H,16,17). The normalized spacial score (nSPS) is 12.2. The van der Waals surface area contributed by atoms with E-state index >= 15 is 0 Å². The van der Waals surface area contributed by atoms with Crippen molar-refractivity contribution < 1.29 is 9.53 Å². The minimum absolute atomic E-state index is 0.0736. The first-order chi connectivity index (χ1) is 8.58. The van der Waals surface area contributed by atoms with Crippen molar-refractivity contribution in [3.8, 4) is 0 Å². The molecular weight excluding hydrogens is 385 g/mol. The van der Waals surface area contributed by atoms with Crippen LogP contribution in [-0.2, 0) is 4.74 Å². The van der Waals surface area contributed by atoms with Gasteiger partial charge in [-0.05, 0) is 40.5 Å². The first kappa shape index (κ1) is 16.0. The summed E-state index contributed by atoms with van der Waals surface area (Å²) in [5, 5.41) is 2.90. The Kier molecular flexibility index (Phi) is 7.22. The lowest BCUT2D eigenvalue weighted by atomic mass is 10.2. The first-order valence-corrected chi connectivity index (χ1v) is 7.51. The Labute approximate surface area is 128 Å². The molecule has 0 aliphatic rings. The molecule has 0 spiro atoms. The van der Waals surface area contributed by atoms with E-state index in [0.29, 0.717) is 24.5 Å². The third-order valence-corrected chi connectivity index (χ3v) is 3.70. The third kappa shape index (κ3) is 4.88. The summed E-state index contributed by atoms with van der Waals surface area (Å²) >= 11 is 12.4. The smallest absolute Gasteiger partial charge is 0.252 e. The van der Waals surface area contributed by atoms with Crippen LogP contribution < -0.4 is 5.32 Å². The summed E-state index contributed by atoms with van der Waals surface area (Å²) in [6, 6.07) is 5.35. The highest BCUT2D eigenvalue weighted by atomic mass is 79.9. The Bertz CT molecular complexity index is 409. The monoisotopic (exact) mass is 397 g/mol. The molecule has 1 unspecified atom stereocenters. The number of benzene rings is 1. The Balaban J connectivity index is 2.73. The van der Waals surface area contributed by atoms with Crippen LogP contribution in [0.25, 0.3) is 0 Å². The van der Waals surface area contributed by atoms with Gasteiger partial charge in [-0.2, -0.15) is 0 Å². The van der Waals surface area contributed by atoms with Crippen molar-refractivity contribution in [1.29, 1.82) is 0 Å². The van der Waals surface area contributed by atoms with Gasteiger partial charge in [-0.3, -0.25) is 4.79 Å². The minimum Gasteiger partial charge on any atom is -0.383 e. The number of carbonyl (C=O) groups excluding carboxylic acids is 1. The number of methoxy groups -OCH3 is 1. The molecule has 1 atom stereocenters. The molecule has 1 N–H and O–H groups in total. The van der Waals surface area contributed by atoms with Gasteiger partial charge < -0.3 is 10.1 Å². The van der Waals surface area contributed by atoms with E-state index in [1.54, 1.807) is 13.2 Å². The number of rotatable bonds is 6. The van der Waals surface area contributed by atoms with Gasteiger partial charge in [0.2, 0.25) is 0 Å². The van der Waals surface area contributed by atoms with E-state index < -0.39 is 0 Å². The summed E-state index contributed by atoms with van der Waals surface area (Å²) in [4.78, 5) is 12.1. The van der Waals surface area contributed by atoms with E-state index in [0.717, 1.165) is 8.95 Å². The largest absolute Gasteiger partial charge is 0.383 e. The summed E-state index contributed by atoms with van der Waals surface area (Å²) in [6.07, 6.45) is 0.676. The van der Waals surface area contributed by atoms with E-state index in [4.69, 9.17) is 16.3 Å². The molecule has 0 saturated carbocycles. The molecule has 100 valence electrons. The van der Waals surface area contributed by atoms with E-state index in [1.165, 1.54) is 0 Å². The van der Waals surface area contributed by atoms with Crippen molar-refractivity contribution in [1.82, 2.24) is 5.32 Å². The Hall–Kier alpha value is -0.100. The molecule has 3 nitrogen and oxygen atoms in total. The Morgan fingerprint density at radius 2 is 2.22 bits per heavy atom. The number of hydrogen-bond donors (Lipinski definition) is 1. The topological polar surface area (TPSA) is 38.3 Å². The molecule has 0 bridgehead atoms. The van der Waals surface area contributed by atoms with Crippen LogP contribution in [0.3, 0.4) is 0 Å². The summed E-state index contributed by atoms with van der Waals surface area (Å²) < 4.78 is 6.71. The van der Waals surface area contributed by atoms with Crippen LogP contribution in [0, 0.1) is 0 Å². The van der Waals surface area contributed by atoms with Gasteiger partial charge in [0.05, 0.1) is 18.2 Å². The van der Waals surface area contributed by atoms with Crippen LogP contribution >= 0.6 is 43.5 Å². The van der Waals surface area contributed by atoms with Crippen LogP contribution in [0.5, 0.6) is 0 Å². The van der Waals surface area contributed by atoms with E-state index in [9.17, 15) is 4.79 Å². The van der Waals surface area contributed by atoms with Gasteiger partial charge in [-0.25, -0.2) is 0 Å². The highest BCUT2D eigenvalue weighted by Gasteiger charge is 2.15. The number of nitrogens with one attached hydrogen (secondary N) is 1. The Morgan fingerprint density at radius 1 is 1.50 bits per heavy atom. The molecule has 1 aromatic carbocycles. The van der Waals surface area contributed by atoms with Gasteiger partial charge in [0, 0.05) is 21.9 Å². The van der Waals surface area contributed by atoms with Crippen LogP contribution in [0.15, 0.2) is 27.1 Å². The predicted molar refractivity (Wildman–Crippen MR) is 80.3 cm³/mol. The highest BCUT2D eigenvalue weighted by molar-refractivity contribution is 9.11. The van der Waals surface area contributed by atoms with Gasteiger partial charge in [-0.1, -0.05) is 15.9 Å². The lowest BCUT2D eigenvalue weighted by Crippen LogP contribution is -2.38. The van der Waals surface area contributed by atoms with Crippen molar-refractivity contribution >= 4 is 49.4 Å². The van der Waals surface area contributed by atoms with Crippen molar-refractivity contribution in [3.05, 3.63) is 32.7 Å². The number of carbonyl (C=O) groups is 1. The molecule has 0 aromatic heterocycles. The van der Waals surface area contributed by atoms with Gasteiger partial charge in [-0.15, -0.1) is 11.6 Å². The average molecular weight is 400 g/mol. The molecule has 0 fully saturated rings. The zero-order valence-electron chi connectivity index (χ0n) is 9.88. The second kappa shape index (κ2) is 8.15. The number of ether oxygens (including phenoxy) is 1. The molecule has 1 rings (SSSR count). The number of halogens is 3. The quantitative estimate of drug-likeness (QED) is 0.743. The van der Waals surface area contributed by atoms with Crippen LogP contribution in [0.2, 0.25) is 0 Å². The second-order valence-electron chi connectivity index (χ2n) is 3.73. The number of alkyl halides is 1. The average Bonchev–Trinajstić information content (AvgIpc) is 2.29. The lowest BCUT2D eigenvalue weighted by Gasteiger charge is -2.17. The fourth-order valence-electron chi connectivity index (χ4n) is 1.47. The van der Waals surface area contributed by atoms with Gasteiger partial charge in [0.1, 0.15) is 0 Å². The number of hydrogen-bond acceptors (Lipinski definition) is 2. The lowest BCUT2D eigenvalue weighted by molar-refractivity contribution is 0.0894. The molecule has 1 aromatic rings. The van der Waals surface area contributed by atoms with Crippen LogP contribution in [0.1, 0.15) is 16.8 Å². The van der Waals surface area contributed by atoms with Crippen molar-refractivity contribution in [2.75, 3.05) is 19.6 Å². The van der Waals surface area contributed by atoms with Gasteiger partial charge in [0.25, 0.3) is 5.91 Å². The van der Waals surface area contributed by atoms with E-state index in [1.807, 2.05) is 12.1 Å². The Morgan fingerprint density at radius 3 is 2.78 bits per heavy atom. The van der Waals surface area contributed by atoms with Crippen LogP contribution in [-0.4, -0.2) is 31.5 Å². The van der Waals surface area contributed by atoms with Gasteiger partial charge >= 0.3 is 0 Å². The fourth-order valence-corrected chi connectivity index (χ4v) is 2.96. The third-order valence-electron chi connectivity index (χ3n) is 2.34. The number of amides is 1. The fraction of sp³-hybridized carbons (Fsp3) is 0.417. The molecule has 0 aliphatic carbocycles. The highest BCUT2D eigenvalue weighted by Crippen LogP contribution is 2.22. The van der Waals surface area contributed by atoms with Crippen molar-refractivity contribution in [2.24, 2.45) is 0 Å². The van der Waals surface area contributed by atoms with E-state index in [-0.39, 0.29) is 11.9 Å². The SMILES string of the molecule is COCC(CCCl)NC(=O)c1ccc(Br)cc1Br. The van der Waals surface area contributed by atoms with E-state index in [2.05, 4.69) is 37.2 Å². The molecule has 0 saturated heterocycles. The molecule has 18 heavy (non-hydrogen) atoms. The molecule has 0 aliphatic heterocycles. The van der Waals surface area contributed by atoms with Crippen LogP contribution in [0.4, 0.5) is 0 Å². The molecular formula is C12H14Br2ClNO2. The maximum Gasteiger partial charge on any atom is 0.252 e. The zero-order chi connectivity index (χ0) is 13.5. The summed E-state index contributed by atoms with van der Waals surface area (Å²) in [5.41, 5.74) is 0.592. The molecule has 0 radical (unpaired) electrons. The summed E-state index contributed by atoms with van der Waals surface area (Å²) in [6.45, 7) is 0.451. The zero-order valence-corrected chi connectivity index (χ0v) is 13.8. The maximum absolute atomic E-state index is 12.1. The molecule has 0 heterocycles. The molecule has 6 heteroatoms. The predicted octanol–water partition coefficient (Wildman–Crippen LogP) is 3.59. The summed E-state index contributed by atoms with van der Waals surface area (Å²) in [7, 11) is 1.60. The summed E-state index contributed by atoms with van der Waals surface area (Å²) in [5.74, 6) is 0.344. The maximum atomic E-state index is 12.1. The van der Waals surface area contributed by atoms with Gasteiger partial charge in [0.15, 0.2) is 0 Å². The van der Waals surface area contributed by atoms with Crippen molar-refractivity contribution in [2.45, 2.75) is 12.5 Å². The second-order valence-corrected chi connectivity index (χ2v) is 5.88. The van der Waals surface area contributed by atoms with Crippen molar-refractivity contribution in [3.63, 3.8) is 0 Å². The molecule has 1 amide bonds. The first-order valence-electron chi connectivity index (χ1n) is 5.39.